The molecule has 96 valence electrons. The Balaban J connectivity index is 1.82. The lowest BCUT2D eigenvalue weighted by Gasteiger charge is -2.28. The molecule has 0 radical (unpaired) electrons. The highest BCUT2D eigenvalue weighted by Crippen LogP contribution is 2.19. The first-order chi connectivity index (χ1) is 8.16. The molecule has 0 amide bonds. The van der Waals surface area contributed by atoms with Crippen LogP contribution in [-0.4, -0.2) is 29.0 Å². The molecule has 1 aliphatic heterocycles. The zero-order valence-electron chi connectivity index (χ0n) is 11.1. The smallest absolute Gasteiger partial charge is 0.0638 e. The second kappa shape index (κ2) is 5.65. The predicted molar refractivity (Wildman–Crippen MR) is 67.8 cm³/mol. The van der Waals surface area contributed by atoms with Gasteiger partial charge >= 0.3 is 0 Å². The van der Waals surface area contributed by atoms with Gasteiger partial charge in [-0.15, -0.1) is 0 Å². The van der Waals surface area contributed by atoms with E-state index in [1.165, 1.54) is 18.4 Å². The van der Waals surface area contributed by atoms with E-state index in [4.69, 9.17) is 4.74 Å². The average Bonchev–Trinajstić information content (AvgIpc) is 2.66. The van der Waals surface area contributed by atoms with Gasteiger partial charge in [0.2, 0.25) is 0 Å². The molecule has 1 saturated heterocycles. The SMILES string of the molecule is Cc1nn(C)cc1CNC(C)C1CCOCC1. The van der Waals surface area contributed by atoms with Crippen LogP contribution >= 0.6 is 0 Å². The second-order valence-corrected chi connectivity index (χ2v) is 5.03. The maximum atomic E-state index is 5.39. The second-order valence-electron chi connectivity index (χ2n) is 5.03. The molecule has 2 heterocycles. The zero-order valence-corrected chi connectivity index (χ0v) is 11.1. The van der Waals surface area contributed by atoms with Crippen LogP contribution in [-0.2, 0) is 18.3 Å². The lowest BCUT2D eigenvalue weighted by Crippen LogP contribution is -2.36. The summed E-state index contributed by atoms with van der Waals surface area (Å²) in [7, 11) is 1.97. The summed E-state index contributed by atoms with van der Waals surface area (Å²) < 4.78 is 7.27. The molecular formula is C13H23N3O. The number of hydrogen-bond donors (Lipinski definition) is 1. The Morgan fingerprint density at radius 1 is 1.53 bits per heavy atom. The van der Waals surface area contributed by atoms with Crippen molar-refractivity contribution >= 4 is 0 Å². The Hall–Kier alpha value is -0.870. The fourth-order valence-corrected chi connectivity index (χ4v) is 2.48. The number of hydrogen-bond acceptors (Lipinski definition) is 3. The minimum Gasteiger partial charge on any atom is -0.381 e. The molecular weight excluding hydrogens is 214 g/mol. The van der Waals surface area contributed by atoms with Crippen molar-refractivity contribution < 1.29 is 4.74 Å². The summed E-state index contributed by atoms with van der Waals surface area (Å²) in [5, 5.41) is 7.97. The summed E-state index contributed by atoms with van der Waals surface area (Å²) in [4.78, 5) is 0. The van der Waals surface area contributed by atoms with Crippen LogP contribution in [0.4, 0.5) is 0 Å². The number of aryl methyl sites for hydroxylation is 2. The van der Waals surface area contributed by atoms with Crippen LogP contribution in [0.5, 0.6) is 0 Å². The van der Waals surface area contributed by atoms with Crippen LogP contribution in [0, 0.1) is 12.8 Å². The van der Waals surface area contributed by atoms with E-state index in [0.717, 1.165) is 31.4 Å². The van der Waals surface area contributed by atoms with E-state index in [-0.39, 0.29) is 0 Å². The summed E-state index contributed by atoms with van der Waals surface area (Å²) in [5.74, 6) is 0.751. The molecule has 0 saturated carbocycles. The summed E-state index contributed by atoms with van der Waals surface area (Å²) in [6.45, 7) is 7.10. The van der Waals surface area contributed by atoms with Crippen molar-refractivity contribution in [1.82, 2.24) is 15.1 Å². The van der Waals surface area contributed by atoms with Crippen molar-refractivity contribution in [1.29, 1.82) is 0 Å². The van der Waals surface area contributed by atoms with Crippen molar-refractivity contribution in [2.75, 3.05) is 13.2 Å². The summed E-state index contributed by atoms with van der Waals surface area (Å²) in [5.41, 5.74) is 2.42. The van der Waals surface area contributed by atoms with Gasteiger partial charge in [-0.3, -0.25) is 4.68 Å². The third-order valence-corrected chi connectivity index (χ3v) is 3.70. The van der Waals surface area contributed by atoms with Crippen LogP contribution < -0.4 is 5.32 Å². The van der Waals surface area contributed by atoms with Gasteiger partial charge in [-0.1, -0.05) is 0 Å². The van der Waals surface area contributed by atoms with Gasteiger partial charge in [-0.2, -0.15) is 5.10 Å². The topological polar surface area (TPSA) is 39.1 Å². The third-order valence-electron chi connectivity index (χ3n) is 3.70. The highest BCUT2D eigenvalue weighted by Gasteiger charge is 2.20. The van der Waals surface area contributed by atoms with Gasteiger partial charge in [0.25, 0.3) is 0 Å². The predicted octanol–water partition coefficient (Wildman–Crippen LogP) is 1.63. The van der Waals surface area contributed by atoms with Crippen molar-refractivity contribution in [3.63, 3.8) is 0 Å². The molecule has 0 aromatic carbocycles. The van der Waals surface area contributed by atoms with E-state index >= 15 is 0 Å². The Labute approximate surface area is 103 Å². The fraction of sp³-hybridized carbons (Fsp3) is 0.769. The highest BCUT2D eigenvalue weighted by molar-refractivity contribution is 5.14. The van der Waals surface area contributed by atoms with E-state index in [1.54, 1.807) is 0 Å². The van der Waals surface area contributed by atoms with Crippen LogP contribution in [0.15, 0.2) is 6.20 Å². The molecule has 0 spiro atoms. The maximum Gasteiger partial charge on any atom is 0.0638 e. The Morgan fingerprint density at radius 2 is 2.24 bits per heavy atom. The summed E-state index contributed by atoms with van der Waals surface area (Å²) in [6, 6.07) is 0.554. The lowest BCUT2D eigenvalue weighted by atomic mass is 9.93. The molecule has 1 fully saturated rings. The van der Waals surface area contributed by atoms with Gasteiger partial charge < -0.3 is 10.1 Å². The van der Waals surface area contributed by atoms with E-state index in [0.29, 0.717) is 6.04 Å². The van der Waals surface area contributed by atoms with Crippen LogP contribution in [0.1, 0.15) is 31.0 Å². The van der Waals surface area contributed by atoms with E-state index in [1.807, 2.05) is 11.7 Å². The minimum atomic E-state index is 0.554. The van der Waals surface area contributed by atoms with Crippen molar-refractivity contribution in [3.05, 3.63) is 17.5 Å². The molecule has 1 unspecified atom stereocenters. The lowest BCUT2D eigenvalue weighted by molar-refractivity contribution is 0.0558. The molecule has 4 heteroatoms. The number of aromatic nitrogens is 2. The summed E-state index contributed by atoms with van der Waals surface area (Å²) in [6.07, 6.45) is 4.46. The summed E-state index contributed by atoms with van der Waals surface area (Å²) >= 11 is 0. The van der Waals surface area contributed by atoms with Crippen LogP contribution in [0.3, 0.4) is 0 Å². The first-order valence-electron chi connectivity index (χ1n) is 6.47. The molecule has 0 aliphatic carbocycles. The first kappa shape index (κ1) is 12.6. The molecule has 1 N–H and O–H groups in total. The monoisotopic (exact) mass is 237 g/mol. The largest absolute Gasteiger partial charge is 0.381 e. The van der Waals surface area contributed by atoms with Gasteiger partial charge in [0.05, 0.1) is 5.69 Å². The molecule has 0 bridgehead atoms. The number of ether oxygens (including phenoxy) is 1. The van der Waals surface area contributed by atoms with E-state index in [2.05, 4.69) is 30.5 Å². The van der Waals surface area contributed by atoms with Crippen molar-refractivity contribution in [2.24, 2.45) is 13.0 Å². The van der Waals surface area contributed by atoms with Crippen LogP contribution in [0.25, 0.3) is 0 Å². The standard InChI is InChI=1S/C13H23N3O/c1-10(12-4-6-17-7-5-12)14-8-13-9-16(3)15-11(13)2/h9-10,12,14H,4-8H2,1-3H3. The molecule has 1 atom stereocenters. The number of nitrogens with one attached hydrogen (secondary N) is 1. The molecule has 1 aliphatic rings. The van der Waals surface area contributed by atoms with Gasteiger partial charge in [0, 0.05) is 44.6 Å². The number of rotatable bonds is 4. The Morgan fingerprint density at radius 3 is 2.82 bits per heavy atom. The maximum absolute atomic E-state index is 5.39. The van der Waals surface area contributed by atoms with Gasteiger partial charge in [0.1, 0.15) is 0 Å². The van der Waals surface area contributed by atoms with E-state index < -0.39 is 0 Å². The minimum absolute atomic E-state index is 0.554. The van der Waals surface area contributed by atoms with Gasteiger partial charge in [-0.25, -0.2) is 0 Å². The fourth-order valence-electron chi connectivity index (χ4n) is 2.48. The first-order valence-corrected chi connectivity index (χ1v) is 6.47. The normalized spacial score (nSPS) is 19.5. The highest BCUT2D eigenvalue weighted by atomic mass is 16.5. The average molecular weight is 237 g/mol. The van der Waals surface area contributed by atoms with Gasteiger partial charge in [-0.05, 0) is 32.6 Å². The Bertz CT molecular complexity index is 356. The molecule has 1 aromatic rings. The molecule has 2 rings (SSSR count). The molecule has 4 nitrogen and oxygen atoms in total. The van der Waals surface area contributed by atoms with Gasteiger partial charge in [0.15, 0.2) is 0 Å². The van der Waals surface area contributed by atoms with Crippen molar-refractivity contribution in [3.8, 4) is 0 Å². The van der Waals surface area contributed by atoms with Crippen molar-refractivity contribution in [2.45, 2.75) is 39.3 Å². The van der Waals surface area contributed by atoms with Crippen LogP contribution in [0.2, 0.25) is 0 Å². The molecule has 17 heavy (non-hydrogen) atoms. The zero-order chi connectivity index (χ0) is 12.3. The third kappa shape index (κ3) is 3.30. The Kier molecular flexibility index (Phi) is 4.18. The molecule has 1 aromatic heterocycles. The quantitative estimate of drug-likeness (QED) is 0.865. The number of nitrogens with zero attached hydrogens (tertiary/aromatic N) is 2. The van der Waals surface area contributed by atoms with E-state index in [9.17, 15) is 0 Å².